The third kappa shape index (κ3) is 4.09. The Hall–Kier alpha value is -1.30. The van der Waals surface area contributed by atoms with E-state index < -0.39 is 0 Å². The van der Waals surface area contributed by atoms with Crippen LogP contribution in [-0.4, -0.2) is 57.5 Å². The SMILES string of the molecule is CN(Cc1ccc2c(c1)OCCCO2)CC1CNCCO1. The molecule has 2 aliphatic rings. The number of hydrogen-bond donors (Lipinski definition) is 1. The van der Waals surface area contributed by atoms with Crippen LogP contribution in [0.1, 0.15) is 12.0 Å². The van der Waals surface area contributed by atoms with E-state index in [1.807, 2.05) is 6.07 Å². The van der Waals surface area contributed by atoms with Crippen molar-refractivity contribution in [1.29, 1.82) is 0 Å². The molecule has 0 bridgehead atoms. The molecule has 3 rings (SSSR count). The van der Waals surface area contributed by atoms with Crippen molar-refractivity contribution in [3.8, 4) is 11.5 Å². The smallest absolute Gasteiger partial charge is 0.161 e. The second-order valence-corrected chi connectivity index (χ2v) is 5.73. The summed E-state index contributed by atoms with van der Waals surface area (Å²) in [7, 11) is 2.13. The highest BCUT2D eigenvalue weighted by atomic mass is 16.5. The number of ether oxygens (including phenoxy) is 3. The van der Waals surface area contributed by atoms with Crippen LogP contribution in [0.4, 0.5) is 0 Å². The first-order chi connectivity index (χ1) is 10.3. The molecule has 5 nitrogen and oxygen atoms in total. The highest BCUT2D eigenvalue weighted by molar-refractivity contribution is 5.43. The van der Waals surface area contributed by atoms with Crippen LogP contribution < -0.4 is 14.8 Å². The average Bonchev–Trinajstić information content (AvgIpc) is 2.73. The fraction of sp³-hybridized carbons (Fsp3) is 0.625. The first kappa shape index (κ1) is 14.6. The Morgan fingerprint density at radius 2 is 2.05 bits per heavy atom. The number of nitrogens with zero attached hydrogens (tertiary/aromatic N) is 1. The van der Waals surface area contributed by atoms with Crippen LogP contribution in [0, 0.1) is 0 Å². The number of likely N-dealkylation sites (N-methyl/N-ethyl adjacent to an activating group) is 1. The Morgan fingerprint density at radius 3 is 2.86 bits per heavy atom. The Bertz CT molecular complexity index is 461. The maximum absolute atomic E-state index is 5.74. The number of nitrogens with one attached hydrogen (secondary N) is 1. The molecule has 1 aromatic rings. The minimum Gasteiger partial charge on any atom is -0.490 e. The molecule has 1 N–H and O–H groups in total. The van der Waals surface area contributed by atoms with Crippen molar-refractivity contribution < 1.29 is 14.2 Å². The molecule has 1 fully saturated rings. The van der Waals surface area contributed by atoms with Crippen LogP contribution in [0.5, 0.6) is 11.5 Å². The Balaban J connectivity index is 1.57. The molecule has 1 atom stereocenters. The van der Waals surface area contributed by atoms with Gasteiger partial charge in [0.15, 0.2) is 11.5 Å². The van der Waals surface area contributed by atoms with E-state index >= 15 is 0 Å². The van der Waals surface area contributed by atoms with E-state index in [2.05, 4.69) is 29.4 Å². The topological polar surface area (TPSA) is 43.0 Å². The maximum Gasteiger partial charge on any atom is 0.161 e. The van der Waals surface area contributed by atoms with Gasteiger partial charge in [-0.15, -0.1) is 0 Å². The number of hydrogen-bond acceptors (Lipinski definition) is 5. The number of rotatable bonds is 4. The summed E-state index contributed by atoms with van der Waals surface area (Å²) >= 11 is 0. The predicted octanol–water partition coefficient (Wildman–Crippen LogP) is 1.27. The lowest BCUT2D eigenvalue weighted by atomic mass is 10.2. The highest BCUT2D eigenvalue weighted by Gasteiger charge is 2.16. The molecule has 1 unspecified atom stereocenters. The van der Waals surface area contributed by atoms with Crippen LogP contribution >= 0.6 is 0 Å². The van der Waals surface area contributed by atoms with E-state index in [-0.39, 0.29) is 6.10 Å². The van der Waals surface area contributed by atoms with Crippen LogP contribution in [0.2, 0.25) is 0 Å². The van der Waals surface area contributed by atoms with Gasteiger partial charge in [-0.05, 0) is 24.7 Å². The van der Waals surface area contributed by atoms with Crippen molar-refractivity contribution >= 4 is 0 Å². The van der Waals surface area contributed by atoms with Gasteiger partial charge in [0, 0.05) is 32.6 Å². The van der Waals surface area contributed by atoms with Crippen molar-refractivity contribution in [3.05, 3.63) is 23.8 Å². The van der Waals surface area contributed by atoms with E-state index in [1.54, 1.807) is 0 Å². The molecular weight excluding hydrogens is 268 g/mol. The molecule has 0 aromatic heterocycles. The zero-order valence-corrected chi connectivity index (χ0v) is 12.6. The summed E-state index contributed by atoms with van der Waals surface area (Å²) in [6, 6.07) is 6.23. The number of benzene rings is 1. The zero-order valence-electron chi connectivity index (χ0n) is 12.6. The highest BCUT2D eigenvalue weighted by Crippen LogP contribution is 2.30. The van der Waals surface area contributed by atoms with Gasteiger partial charge < -0.3 is 19.5 Å². The van der Waals surface area contributed by atoms with Gasteiger partial charge >= 0.3 is 0 Å². The Labute approximate surface area is 126 Å². The second-order valence-electron chi connectivity index (χ2n) is 5.73. The molecular formula is C16H24N2O3. The van der Waals surface area contributed by atoms with E-state index in [0.717, 1.165) is 63.9 Å². The first-order valence-corrected chi connectivity index (χ1v) is 7.70. The molecule has 1 saturated heterocycles. The van der Waals surface area contributed by atoms with Gasteiger partial charge in [-0.1, -0.05) is 6.07 Å². The van der Waals surface area contributed by atoms with Gasteiger partial charge in [0.05, 0.1) is 25.9 Å². The van der Waals surface area contributed by atoms with Gasteiger partial charge in [-0.3, -0.25) is 4.90 Å². The van der Waals surface area contributed by atoms with E-state index in [4.69, 9.17) is 14.2 Å². The molecule has 21 heavy (non-hydrogen) atoms. The van der Waals surface area contributed by atoms with Crippen LogP contribution in [0.15, 0.2) is 18.2 Å². The summed E-state index contributed by atoms with van der Waals surface area (Å²) in [5.41, 5.74) is 1.24. The normalized spacial score (nSPS) is 22.1. The summed E-state index contributed by atoms with van der Waals surface area (Å²) in [6.45, 7) is 5.99. The molecule has 116 valence electrons. The second kappa shape index (κ2) is 7.11. The molecule has 0 spiro atoms. The summed E-state index contributed by atoms with van der Waals surface area (Å²) < 4.78 is 17.1. The molecule has 2 aliphatic heterocycles. The van der Waals surface area contributed by atoms with Crippen LogP contribution in [0.25, 0.3) is 0 Å². The summed E-state index contributed by atoms with van der Waals surface area (Å²) in [5.74, 6) is 1.73. The quantitative estimate of drug-likeness (QED) is 0.905. The summed E-state index contributed by atoms with van der Waals surface area (Å²) in [6.07, 6.45) is 1.22. The largest absolute Gasteiger partial charge is 0.490 e. The third-order valence-electron chi connectivity index (χ3n) is 3.78. The van der Waals surface area contributed by atoms with E-state index in [1.165, 1.54) is 5.56 Å². The van der Waals surface area contributed by atoms with Gasteiger partial charge in [0.25, 0.3) is 0 Å². The summed E-state index contributed by atoms with van der Waals surface area (Å²) in [4.78, 5) is 2.29. The van der Waals surface area contributed by atoms with Crippen molar-refractivity contribution in [1.82, 2.24) is 10.2 Å². The minimum atomic E-state index is 0.282. The molecule has 0 amide bonds. The van der Waals surface area contributed by atoms with E-state index in [9.17, 15) is 0 Å². The summed E-state index contributed by atoms with van der Waals surface area (Å²) in [5, 5.41) is 3.36. The molecule has 0 saturated carbocycles. The molecule has 2 heterocycles. The standard InChI is InChI=1S/C16H24N2O3/c1-18(12-14-10-17-5-8-19-14)11-13-3-4-15-16(9-13)21-7-2-6-20-15/h3-4,9,14,17H,2,5-8,10-12H2,1H3. The predicted molar refractivity (Wildman–Crippen MR) is 81.0 cm³/mol. The van der Waals surface area contributed by atoms with Crippen LogP contribution in [0.3, 0.4) is 0 Å². The van der Waals surface area contributed by atoms with Crippen molar-refractivity contribution in [2.75, 3.05) is 46.5 Å². The molecule has 0 aliphatic carbocycles. The molecule has 0 radical (unpaired) electrons. The Kier molecular flexibility index (Phi) is 4.95. The van der Waals surface area contributed by atoms with Gasteiger partial charge in [-0.25, -0.2) is 0 Å². The van der Waals surface area contributed by atoms with Gasteiger partial charge in [-0.2, -0.15) is 0 Å². The number of fused-ring (bicyclic) bond motifs is 1. The molecule has 1 aromatic carbocycles. The maximum atomic E-state index is 5.74. The monoisotopic (exact) mass is 292 g/mol. The fourth-order valence-corrected chi connectivity index (χ4v) is 2.77. The van der Waals surface area contributed by atoms with E-state index in [0.29, 0.717) is 0 Å². The van der Waals surface area contributed by atoms with Crippen LogP contribution in [-0.2, 0) is 11.3 Å². The lowest BCUT2D eigenvalue weighted by Gasteiger charge is -2.28. The van der Waals surface area contributed by atoms with Crippen molar-refractivity contribution in [2.24, 2.45) is 0 Å². The molecule has 5 heteroatoms. The number of morpholine rings is 1. The van der Waals surface area contributed by atoms with Gasteiger partial charge in [0.2, 0.25) is 0 Å². The average molecular weight is 292 g/mol. The fourth-order valence-electron chi connectivity index (χ4n) is 2.77. The van der Waals surface area contributed by atoms with Crippen molar-refractivity contribution in [3.63, 3.8) is 0 Å². The third-order valence-corrected chi connectivity index (χ3v) is 3.78. The first-order valence-electron chi connectivity index (χ1n) is 7.70. The van der Waals surface area contributed by atoms with Gasteiger partial charge in [0.1, 0.15) is 0 Å². The minimum absolute atomic E-state index is 0.282. The zero-order chi connectivity index (χ0) is 14.5. The van der Waals surface area contributed by atoms with Crippen molar-refractivity contribution in [2.45, 2.75) is 19.1 Å². The Morgan fingerprint density at radius 1 is 1.19 bits per heavy atom. The lowest BCUT2D eigenvalue weighted by molar-refractivity contribution is 0.00884. The lowest BCUT2D eigenvalue weighted by Crippen LogP contribution is -2.44.